The van der Waals surface area contributed by atoms with E-state index in [1.807, 2.05) is 12.1 Å². The lowest BCUT2D eigenvalue weighted by molar-refractivity contribution is -0.933. The van der Waals surface area contributed by atoms with Crippen LogP contribution in [0.15, 0.2) is 60.7 Å². The Morgan fingerprint density at radius 1 is 0.405 bits per heavy atom. The van der Waals surface area contributed by atoms with Crippen LogP contribution in [0.3, 0.4) is 0 Å². The van der Waals surface area contributed by atoms with Gasteiger partial charge < -0.3 is 82.9 Å². The third-order valence-electron chi connectivity index (χ3n) is 7.14. The van der Waals surface area contributed by atoms with Crippen molar-refractivity contribution >= 4 is 0 Å². The molecule has 0 aliphatic heterocycles. The molecule has 0 bridgehead atoms. The number of hydrogen-bond acceptors (Lipinski definition) is 3. The third kappa shape index (κ3) is 18.9. The number of likely N-dealkylation sites (N-methyl/N-ethyl adjacent to an activating group) is 4. The lowest BCUT2D eigenvalue weighted by Gasteiger charge is -2.39. The van der Waals surface area contributed by atoms with E-state index in [2.05, 4.69) is 105 Å². The maximum absolute atomic E-state index is 11.0. The van der Waals surface area contributed by atoms with Gasteiger partial charge in [-0.05, 0) is 0 Å². The van der Waals surface area contributed by atoms with Gasteiger partial charge in [-0.15, -0.1) is 0 Å². The molecule has 2 aromatic rings. The van der Waals surface area contributed by atoms with E-state index >= 15 is 0 Å². The van der Waals surface area contributed by atoms with Crippen LogP contribution in [0, 0.1) is 0 Å². The first-order chi connectivity index (χ1) is 17.5. The minimum Gasteiger partial charge on any atom is -1.00 e. The summed E-state index contributed by atoms with van der Waals surface area (Å²) in [5.74, 6) is 0. The van der Waals surface area contributed by atoms with Crippen molar-refractivity contribution in [2.75, 3.05) is 95.6 Å². The van der Waals surface area contributed by atoms with Crippen molar-refractivity contribution in [3.8, 4) is 0 Å². The van der Waals surface area contributed by atoms with Crippen LogP contribution in [0.5, 0.6) is 0 Å². The molecule has 0 aliphatic rings. The second-order valence-electron chi connectivity index (χ2n) is 14.1. The standard InChI is InChI=1S/C31H56N4O3.4ClH/c1-32(2,19-27-15-11-9-12-16-27)21-29(36)23-34(5,6)25-31(38)26-35(7,8)24-30(37)22-33(3,4)20-28-17-13-10-14-18-28;;;;/h9-18,29-31,36-38H,19-26H2,1-8H3;4*1H/q+4;;;;/p-4. The van der Waals surface area contributed by atoms with Crippen molar-refractivity contribution in [2.24, 2.45) is 0 Å². The highest BCUT2D eigenvalue weighted by Crippen LogP contribution is 2.15. The first kappa shape index (κ1) is 45.7. The smallest absolute Gasteiger partial charge is 0.152 e. The van der Waals surface area contributed by atoms with Crippen LogP contribution in [0.1, 0.15) is 11.1 Å². The van der Waals surface area contributed by atoms with Crippen LogP contribution in [-0.4, -0.2) is 147 Å². The largest absolute Gasteiger partial charge is 1.00 e. The van der Waals surface area contributed by atoms with Crippen molar-refractivity contribution in [3.63, 3.8) is 0 Å². The van der Waals surface area contributed by atoms with Gasteiger partial charge in [0.2, 0.25) is 0 Å². The van der Waals surface area contributed by atoms with Gasteiger partial charge in [-0.2, -0.15) is 0 Å². The van der Waals surface area contributed by atoms with Gasteiger partial charge in [-0.25, -0.2) is 0 Å². The van der Waals surface area contributed by atoms with E-state index in [4.69, 9.17) is 0 Å². The lowest BCUT2D eigenvalue weighted by atomic mass is 10.1. The maximum atomic E-state index is 11.0. The molecule has 0 aromatic heterocycles. The molecule has 0 radical (unpaired) electrons. The molecule has 246 valence electrons. The molecular weight excluding hydrogens is 618 g/mol. The first-order valence-corrected chi connectivity index (χ1v) is 13.9. The predicted octanol–water partition coefficient (Wildman–Crippen LogP) is -10.2. The average Bonchev–Trinajstić information content (AvgIpc) is 2.71. The molecule has 2 unspecified atom stereocenters. The van der Waals surface area contributed by atoms with Crippen molar-refractivity contribution in [3.05, 3.63) is 71.8 Å². The first-order valence-electron chi connectivity index (χ1n) is 13.9. The lowest BCUT2D eigenvalue weighted by Crippen LogP contribution is -3.00. The summed E-state index contributed by atoms with van der Waals surface area (Å²) in [6.45, 7) is 5.29. The van der Waals surface area contributed by atoms with Gasteiger partial charge in [-0.3, -0.25) is 0 Å². The molecule has 3 N–H and O–H groups in total. The molecule has 0 heterocycles. The number of rotatable bonds is 16. The number of halogens is 4. The summed E-state index contributed by atoms with van der Waals surface area (Å²) in [6.07, 6.45) is -1.47. The molecule has 0 amide bonds. The fraction of sp³-hybridized carbons (Fsp3) is 0.613. The van der Waals surface area contributed by atoms with E-state index in [-0.39, 0.29) is 49.6 Å². The van der Waals surface area contributed by atoms with E-state index in [1.54, 1.807) is 0 Å². The minimum absolute atomic E-state index is 0. The number of aliphatic hydroxyl groups excluding tert-OH is 3. The summed E-state index contributed by atoms with van der Waals surface area (Å²) in [7, 11) is 16.9. The van der Waals surface area contributed by atoms with E-state index in [1.165, 1.54) is 11.1 Å². The van der Waals surface area contributed by atoms with Gasteiger partial charge in [0.1, 0.15) is 52.4 Å². The quantitative estimate of drug-likeness (QED) is 0.155. The van der Waals surface area contributed by atoms with Gasteiger partial charge in [-0.1, -0.05) is 60.7 Å². The van der Waals surface area contributed by atoms with E-state index < -0.39 is 18.3 Å². The van der Waals surface area contributed by atoms with Crippen LogP contribution >= 0.6 is 0 Å². The number of quaternary nitrogens is 4. The van der Waals surface area contributed by atoms with Gasteiger partial charge in [0.25, 0.3) is 0 Å². The van der Waals surface area contributed by atoms with Crippen molar-refractivity contribution in [1.29, 1.82) is 0 Å². The van der Waals surface area contributed by atoms with Gasteiger partial charge in [0.15, 0.2) is 18.3 Å². The fourth-order valence-electron chi connectivity index (χ4n) is 6.03. The summed E-state index contributed by atoms with van der Waals surface area (Å²) in [4.78, 5) is 0. The Bertz CT molecular complexity index is 890. The minimum atomic E-state index is -0.530. The molecule has 2 rings (SSSR count). The van der Waals surface area contributed by atoms with Gasteiger partial charge in [0, 0.05) is 11.1 Å². The third-order valence-corrected chi connectivity index (χ3v) is 7.14. The van der Waals surface area contributed by atoms with Crippen molar-refractivity contribution < 1.29 is 82.9 Å². The van der Waals surface area contributed by atoms with Crippen LogP contribution in [-0.2, 0) is 13.1 Å². The molecule has 0 saturated carbocycles. The zero-order valence-corrected chi connectivity index (χ0v) is 29.8. The SMILES string of the molecule is C[N+](C)(Cc1ccccc1)CC(O)C[N+](C)(C)CC(O)C[N+](C)(C)CC(O)C[N+](C)(C)Cc1ccccc1.[Cl-].[Cl-].[Cl-].[Cl-]. The van der Waals surface area contributed by atoms with Crippen LogP contribution in [0.2, 0.25) is 0 Å². The molecule has 2 atom stereocenters. The predicted molar refractivity (Wildman–Crippen MR) is 156 cm³/mol. The highest BCUT2D eigenvalue weighted by molar-refractivity contribution is 5.14. The second-order valence-corrected chi connectivity index (χ2v) is 14.1. The maximum Gasteiger partial charge on any atom is 0.152 e. The molecule has 11 heteroatoms. The van der Waals surface area contributed by atoms with Crippen molar-refractivity contribution in [2.45, 2.75) is 31.4 Å². The normalized spacial score (nSPS) is 14.3. The Balaban J connectivity index is -0.00000380. The zero-order chi connectivity index (χ0) is 28.6. The molecular formula is C31H56Cl4N4O3. The number of nitrogens with zero attached hydrogens (tertiary/aromatic N) is 4. The highest BCUT2D eigenvalue weighted by Gasteiger charge is 2.33. The topological polar surface area (TPSA) is 60.7 Å². The van der Waals surface area contributed by atoms with E-state index in [9.17, 15) is 15.3 Å². The molecule has 7 nitrogen and oxygen atoms in total. The summed E-state index contributed by atoms with van der Waals surface area (Å²) in [5, 5.41) is 32.8. The van der Waals surface area contributed by atoms with E-state index in [0.717, 1.165) is 13.1 Å². The number of aliphatic hydroxyl groups is 3. The van der Waals surface area contributed by atoms with Gasteiger partial charge in [0.05, 0.1) is 56.4 Å². The molecule has 0 spiro atoms. The summed E-state index contributed by atoms with van der Waals surface area (Å²) in [6, 6.07) is 20.8. The van der Waals surface area contributed by atoms with Crippen LogP contribution in [0.4, 0.5) is 0 Å². The van der Waals surface area contributed by atoms with Crippen molar-refractivity contribution in [1.82, 2.24) is 0 Å². The molecule has 0 fully saturated rings. The van der Waals surface area contributed by atoms with Gasteiger partial charge >= 0.3 is 0 Å². The Hall–Kier alpha value is -0.680. The van der Waals surface area contributed by atoms with E-state index in [0.29, 0.717) is 57.2 Å². The molecule has 2 aromatic carbocycles. The number of benzene rings is 2. The molecule has 0 aliphatic carbocycles. The second kappa shape index (κ2) is 19.7. The zero-order valence-electron chi connectivity index (χ0n) is 26.8. The summed E-state index contributed by atoms with van der Waals surface area (Å²) < 4.78 is 2.48. The highest BCUT2D eigenvalue weighted by atomic mass is 35.5. The Morgan fingerprint density at radius 2 is 0.619 bits per heavy atom. The summed E-state index contributed by atoms with van der Waals surface area (Å²) in [5.41, 5.74) is 2.52. The fourth-order valence-corrected chi connectivity index (χ4v) is 6.03. The molecule has 42 heavy (non-hydrogen) atoms. The monoisotopic (exact) mass is 672 g/mol. The Morgan fingerprint density at radius 3 is 0.857 bits per heavy atom. The Kier molecular flexibility index (Phi) is 21.4. The number of hydrogen-bond donors (Lipinski definition) is 3. The molecule has 0 saturated heterocycles. The van der Waals surface area contributed by atoms with Crippen LogP contribution in [0.25, 0.3) is 0 Å². The summed E-state index contributed by atoms with van der Waals surface area (Å²) >= 11 is 0. The van der Waals surface area contributed by atoms with Crippen LogP contribution < -0.4 is 49.6 Å². The Labute approximate surface area is 280 Å². The average molecular weight is 675 g/mol.